The summed E-state index contributed by atoms with van der Waals surface area (Å²) in [4.78, 5) is 58.9. The van der Waals surface area contributed by atoms with Crippen LogP contribution in [-0.4, -0.2) is 330 Å². The average Bonchev–Trinajstić information content (AvgIpc) is 1.58. The number of nitrogens with zero attached hydrogens (tertiary/aromatic N) is 8. The van der Waals surface area contributed by atoms with Gasteiger partial charge in [0, 0.05) is 149 Å². The number of alkyl halides is 5. The number of rotatable bonds is 40. The number of hydrogen-bond acceptors (Lipinski definition) is 34. The average molecular weight is 2260 g/mol. The van der Waals surface area contributed by atoms with Crippen LogP contribution in [0.1, 0.15) is 106 Å². The normalized spacial score (nSPS) is 16.0. The van der Waals surface area contributed by atoms with Gasteiger partial charge in [-0.1, -0.05) is 65.5 Å². The summed E-state index contributed by atoms with van der Waals surface area (Å²) in [5.41, 5.74) is 1.67. The zero-order valence-electron chi connectivity index (χ0n) is 77.5. The highest BCUT2D eigenvalue weighted by atomic mass is 35.5. The van der Waals surface area contributed by atoms with Crippen LogP contribution in [0.2, 0.25) is 20.1 Å². The van der Waals surface area contributed by atoms with Gasteiger partial charge in [-0.25, -0.2) is 57.8 Å². The lowest BCUT2D eigenvalue weighted by atomic mass is 10.0. The molecule has 2 atom stereocenters. The maximum absolute atomic E-state index is 13.7. The fraction of sp³-hybridized carbons (Fsp3) is 0.517. The van der Waals surface area contributed by atoms with Gasteiger partial charge < -0.3 is 73.0 Å². The number of pyridine rings is 2. The molecule has 54 heteroatoms. The van der Waals surface area contributed by atoms with Gasteiger partial charge >= 0.3 is 37.1 Å². The summed E-state index contributed by atoms with van der Waals surface area (Å²) in [7, 11) is -7.92. The summed E-state index contributed by atoms with van der Waals surface area (Å²) in [6, 6.07) is 14.1. The number of aromatic carboxylic acids is 1. The van der Waals surface area contributed by atoms with Crippen LogP contribution in [0, 0.1) is 17.0 Å². The quantitative estimate of drug-likeness (QED) is 0.00899. The Morgan fingerprint density at radius 1 is 0.511 bits per heavy atom. The van der Waals surface area contributed by atoms with Crippen LogP contribution in [0.4, 0.5) is 17.6 Å². The molecule has 2 saturated carbocycles. The number of sulfone groups is 1. The first-order valence-corrected chi connectivity index (χ1v) is 55.1. The summed E-state index contributed by atoms with van der Waals surface area (Å²) in [6.07, 6.45) is 7.26. The van der Waals surface area contributed by atoms with Crippen molar-refractivity contribution >= 4 is 180 Å². The Morgan fingerprint density at radius 2 is 0.851 bits per heavy atom. The third kappa shape index (κ3) is 37.2. The van der Waals surface area contributed by atoms with E-state index in [9.17, 15) is 80.7 Å². The van der Waals surface area contributed by atoms with Crippen LogP contribution in [0.5, 0.6) is 23.0 Å². The predicted molar refractivity (Wildman–Crippen MR) is 525 cm³/mol. The number of aliphatic hydroxyl groups excluding tert-OH is 1. The Labute approximate surface area is 863 Å². The second kappa shape index (κ2) is 59.2. The van der Waals surface area contributed by atoms with Crippen LogP contribution in [0.15, 0.2) is 127 Å². The SMILES string of the molecule is CCS(=O)(=O)c1ccsc1C(=O)OC.CN(CCN1CCOCC1)S(=O)(=O)c1ccsc1C(=O)O.CN(CCN1CCOCC1)S(=O)(=O)c1ccsc1C(=O)O[C@@H](Cc1c(Cl)c[nH+]cc1Cl)c1ccc(OC(F)F)c(OCC2CC2)c1.COC(=O)c1sccc1S(=O)(=O)N(C)CCN1CCOCC1.Cl.ClCCN1CCOCC1.[O-][n+]1cc(Cl)c(C[C@H](O)c2ccc(OC(F)F)c(OCC3CC3)c2)c(Cl)c1.[OH-]. The molecule has 4 N–H and O–H groups in total. The van der Waals surface area contributed by atoms with Crippen molar-refractivity contribution in [2.24, 2.45) is 11.8 Å². The highest BCUT2D eigenvalue weighted by Gasteiger charge is 2.36. The van der Waals surface area contributed by atoms with Gasteiger partial charge in [0.1, 0.15) is 60.4 Å². The Kier molecular flexibility index (Phi) is 50.9. The third-order valence-corrected chi connectivity index (χ3v) is 35.0. The number of sulfonamides is 3. The molecule has 4 aliphatic heterocycles. The van der Waals surface area contributed by atoms with E-state index in [1.165, 1.54) is 139 Å². The fourth-order valence-corrected chi connectivity index (χ4v) is 24.4. The molecule has 141 heavy (non-hydrogen) atoms. The Morgan fingerprint density at radius 3 is 1.21 bits per heavy atom. The van der Waals surface area contributed by atoms with E-state index in [0.29, 0.717) is 137 Å². The zero-order valence-corrected chi connectivity index (χ0v) is 88.6. The molecule has 10 heterocycles. The summed E-state index contributed by atoms with van der Waals surface area (Å²) < 4.78 is 213. The first kappa shape index (κ1) is 121. The van der Waals surface area contributed by atoms with Crippen molar-refractivity contribution in [3.8, 4) is 23.0 Å². The second-order valence-corrected chi connectivity index (χ2v) is 45.5. The number of benzene rings is 2. The molecule has 2 aliphatic carbocycles. The number of ether oxygens (including phenoxy) is 11. The molecule has 14 rings (SSSR count). The van der Waals surface area contributed by atoms with E-state index in [4.69, 9.17) is 96.3 Å². The number of methoxy groups -OCH3 is 2. The predicted octanol–water partition coefficient (Wildman–Crippen LogP) is 12.7. The molecule has 8 aromatic rings. The molecule has 0 unspecified atom stereocenters. The zero-order chi connectivity index (χ0) is 101. The molecule has 4 saturated heterocycles. The number of thiophene rings is 4. The number of carbonyl (C=O) groups excluding carboxylic acids is 3. The molecule has 0 amide bonds. The lowest BCUT2D eigenvalue weighted by Crippen LogP contribution is -2.42. The first-order chi connectivity index (χ1) is 66.2. The van der Waals surface area contributed by atoms with Crippen molar-refractivity contribution in [1.29, 1.82) is 0 Å². The van der Waals surface area contributed by atoms with Crippen LogP contribution in [0.25, 0.3) is 0 Å². The van der Waals surface area contributed by atoms with Crippen molar-refractivity contribution in [2.75, 3.05) is 211 Å². The minimum absolute atomic E-state index is 0. The van der Waals surface area contributed by atoms with Crippen molar-refractivity contribution < 1.29 is 148 Å². The minimum Gasteiger partial charge on any atom is -0.870 e. The molecule has 0 bridgehead atoms. The lowest BCUT2D eigenvalue weighted by molar-refractivity contribution is -0.605. The standard InChI is InChI=1S/C30H33Cl2F2N3O7S2.C18H17Cl2F2NO4.C13H20N2O5S2.C12H18N2O5S2.C8H10O4S2.C6H12ClNO.ClH.H2O/c1-36(7-8-37-9-11-41-12-10-37)46(39,40)27-6-13-45-28(27)29(38)43-25(15-21-22(31)16-35-17-23(21)32)20-4-5-24(44-30(33)34)26(14-20)42-18-19-2-3-19;19-13-7-23(25)8-14(20)12(13)6-15(24)11-3-4-16(27-18(21)22)17(5-11)26-9-10-1-2-10;1-14(4-5-15-6-8-20-9-7-15)22(17,18)11-3-10-21-12(11)13(16)19-2;1-13(3-4-14-5-7-19-8-6-14)21(17,18)10-2-9-20-11(10)12(15)16;1-3-14(10,11)6-4-5-13-7(6)8(9)12-2;7-1-2-8-3-5-9-6-4-8;;/h4-6,13-14,16-17,19,25,30H,2-3,7-12,15,18H2,1H3;3-5,7-8,10,15,18,24H,1-2,6,9H2;3,10H,4-9H2,1-2H3;2,9H,3-8H2,1H3,(H,15,16);4-5H,3H2,1-2H3;1-6H2;1H;1H2/t25-;15-;;;;;;/m00....../s1. The number of morpholine rings is 4. The number of aliphatic hydroxyl groups is 1. The van der Waals surface area contributed by atoms with Gasteiger partial charge in [0.25, 0.3) is 0 Å². The number of aromatic amines is 1. The van der Waals surface area contributed by atoms with Gasteiger partial charge in [0.2, 0.25) is 30.1 Å². The topological polar surface area (TPSA) is 441 Å². The van der Waals surface area contributed by atoms with Gasteiger partial charge in [-0.3, -0.25) is 19.6 Å². The largest absolute Gasteiger partial charge is 0.870 e. The van der Waals surface area contributed by atoms with Gasteiger partial charge in [0.05, 0.1) is 97.0 Å². The smallest absolute Gasteiger partial charge is 0.387 e. The van der Waals surface area contributed by atoms with E-state index in [2.05, 4.69) is 43.5 Å². The summed E-state index contributed by atoms with van der Waals surface area (Å²) in [6.45, 7) is 12.1. The first-order valence-electron chi connectivity index (χ1n) is 43.5. The van der Waals surface area contributed by atoms with E-state index in [1.54, 1.807) is 10.8 Å². The Hall–Kier alpha value is -6.84. The van der Waals surface area contributed by atoms with Crippen molar-refractivity contribution in [2.45, 2.75) is 90.5 Å². The molecule has 786 valence electrons. The number of H-pyrrole nitrogens is 1. The molecule has 0 radical (unpaired) electrons. The van der Waals surface area contributed by atoms with E-state index in [-0.39, 0.29) is 125 Å². The summed E-state index contributed by atoms with van der Waals surface area (Å²) in [5, 5.41) is 37.8. The number of esters is 3. The van der Waals surface area contributed by atoms with Crippen LogP contribution in [-0.2, 0) is 85.9 Å². The number of carbonyl (C=O) groups is 4. The van der Waals surface area contributed by atoms with Crippen LogP contribution < -0.4 is 28.7 Å². The van der Waals surface area contributed by atoms with Crippen molar-refractivity contribution in [1.82, 2.24) is 32.5 Å². The second-order valence-electron chi connectivity index (χ2n) is 31.6. The third-order valence-electron chi connectivity index (χ3n) is 22.0. The highest BCUT2D eigenvalue weighted by Crippen LogP contribution is 2.42. The van der Waals surface area contributed by atoms with E-state index >= 15 is 0 Å². The maximum Gasteiger partial charge on any atom is 0.387 e. The maximum atomic E-state index is 13.7. The van der Waals surface area contributed by atoms with Gasteiger partial charge in [-0.05, 0) is 119 Å². The van der Waals surface area contributed by atoms with Crippen LogP contribution in [0.3, 0.4) is 0 Å². The highest BCUT2D eigenvalue weighted by molar-refractivity contribution is 7.91. The number of carboxylic acid groups (broad SMARTS) is 1. The Balaban J connectivity index is 0.000000245. The Bertz CT molecular complexity index is 5740. The van der Waals surface area contributed by atoms with Gasteiger partial charge in [-0.15, -0.1) is 69.4 Å². The van der Waals surface area contributed by atoms with Crippen LogP contribution >= 0.6 is 116 Å². The van der Waals surface area contributed by atoms with Crippen molar-refractivity contribution in [3.05, 3.63) is 174 Å². The molecule has 2 aromatic carbocycles. The minimum atomic E-state index is -4.05. The van der Waals surface area contributed by atoms with Gasteiger partial charge in [-0.2, -0.15) is 35.2 Å². The van der Waals surface area contributed by atoms with E-state index in [1.807, 2.05) is 0 Å². The number of aromatic nitrogens is 2. The molecule has 0 spiro atoms. The molecular weight excluding hydrogens is 2150 g/mol. The summed E-state index contributed by atoms with van der Waals surface area (Å²) >= 11 is 34.5. The van der Waals surface area contributed by atoms with Gasteiger partial charge in [0.15, 0.2) is 57.6 Å². The number of halogens is 10. The molecule has 6 fully saturated rings. The molecule has 36 nitrogen and oxygen atoms in total. The van der Waals surface area contributed by atoms with E-state index < -0.39 is 89.2 Å². The molecule has 6 aliphatic rings. The number of carboxylic acids is 1. The van der Waals surface area contributed by atoms with Crippen molar-refractivity contribution in [3.63, 3.8) is 0 Å². The fourth-order valence-electron chi connectivity index (χ4n) is 13.5. The lowest BCUT2D eigenvalue weighted by Gasteiger charge is -2.28. The molecule has 6 aromatic heterocycles. The monoisotopic (exact) mass is 2260 g/mol. The van der Waals surface area contributed by atoms with E-state index in [0.717, 1.165) is 148 Å². The molecular formula is C87H113Cl6F4N9O27S8. The number of hydrogen-bond donors (Lipinski definition) is 2. The number of likely N-dealkylation sites (N-methyl/N-ethyl adjacent to an activating group) is 3. The number of nitrogens with one attached hydrogen (secondary N) is 1. The summed E-state index contributed by atoms with van der Waals surface area (Å²) in [5.74, 6) is -1.94.